The largest absolute Gasteiger partial charge is 0.484 e. The Morgan fingerprint density at radius 2 is 2.15 bits per heavy atom. The Balaban J connectivity index is 0.00000200. The molecule has 1 heterocycles. The Bertz CT molecular complexity index is 394. The van der Waals surface area contributed by atoms with Crippen LogP contribution in [-0.4, -0.2) is 43.1 Å². The lowest BCUT2D eigenvalue weighted by molar-refractivity contribution is -0.135. The Morgan fingerprint density at radius 1 is 1.40 bits per heavy atom. The van der Waals surface area contributed by atoms with Crippen LogP contribution in [0.3, 0.4) is 0 Å². The monoisotopic (exact) mass is 298 g/mol. The van der Waals surface area contributed by atoms with Crippen molar-refractivity contribution in [2.75, 3.05) is 26.2 Å². The molecule has 0 bridgehead atoms. The van der Waals surface area contributed by atoms with E-state index in [1.807, 2.05) is 35.2 Å². The fourth-order valence-corrected chi connectivity index (χ4v) is 2.40. The Labute approximate surface area is 126 Å². The third-order valence-electron chi connectivity index (χ3n) is 3.37. The number of rotatable bonds is 6. The zero-order valence-electron chi connectivity index (χ0n) is 11.9. The highest BCUT2D eigenvalue weighted by molar-refractivity contribution is 5.85. The molecule has 0 saturated carbocycles. The molecule has 1 aliphatic rings. The minimum Gasteiger partial charge on any atom is -0.484 e. The maximum Gasteiger partial charge on any atom is 0.260 e. The lowest BCUT2D eigenvalue weighted by Gasteiger charge is -2.28. The van der Waals surface area contributed by atoms with Gasteiger partial charge in [-0.1, -0.05) is 25.1 Å². The number of hydrogen-bond acceptors (Lipinski definition) is 3. The molecule has 1 unspecified atom stereocenters. The molecule has 1 saturated heterocycles. The summed E-state index contributed by atoms with van der Waals surface area (Å²) in [6, 6.07) is 9.81. The fourth-order valence-electron chi connectivity index (χ4n) is 2.40. The van der Waals surface area contributed by atoms with Crippen molar-refractivity contribution in [2.45, 2.75) is 25.8 Å². The van der Waals surface area contributed by atoms with Gasteiger partial charge in [-0.3, -0.25) is 4.79 Å². The molecule has 1 atom stereocenters. The predicted molar refractivity (Wildman–Crippen MR) is 82.5 cm³/mol. The second-order valence-electron chi connectivity index (χ2n) is 4.84. The molecule has 1 aromatic carbocycles. The van der Waals surface area contributed by atoms with Crippen molar-refractivity contribution in [1.82, 2.24) is 10.2 Å². The maximum absolute atomic E-state index is 12.3. The lowest BCUT2D eigenvalue weighted by Crippen LogP contribution is -2.44. The molecule has 1 N–H and O–H groups in total. The first-order valence-corrected chi connectivity index (χ1v) is 6.99. The van der Waals surface area contributed by atoms with Gasteiger partial charge in [0.2, 0.25) is 0 Å². The van der Waals surface area contributed by atoms with Crippen molar-refractivity contribution >= 4 is 18.3 Å². The highest BCUT2D eigenvalue weighted by Crippen LogP contribution is 2.12. The third-order valence-corrected chi connectivity index (χ3v) is 3.37. The van der Waals surface area contributed by atoms with Crippen LogP contribution in [0, 0.1) is 0 Å². The van der Waals surface area contributed by atoms with Gasteiger partial charge < -0.3 is 15.0 Å². The molecule has 1 aliphatic heterocycles. The molecule has 5 heteroatoms. The van der Waals surface area contributed by atoms with Crippen LogP contribution in [0.2, 0.25) is 0 Å². The van der Waals surface area contributed by atoms with Gasteiger partial charge in [-0.15, -0.1) is 12.4 Å². The summed E-state index contributed by atoms with van der Waals surface area (Å²) in [4.78, 5) is 14.2. The number of amides is 1. The van der Waals surface area contributed by atoms with Gasteiger partial charge in [0.25, 0.3) is 5.91 Å². The van der Waals surface area contributed by atoms with Gasteiger partial charge in [-0.25, -0.2) is 0 Å². The summed E-state index contributed by atoms with van der Waals surface area (Å²) in [5, 5.41) is 3.31. The zero-order valence-corrected chi connectivity index (χ0v) is 12.7. The van der Waals surface area contributed by atoms with Crippen LogP contribution in [0.4, 0.5) is 0 Å². The molecule has 1 amide bonds. The average Bonchev–Trinajstić information content (AvgIpc) is 2.97. The van der Waals surface area contributed by atoms with Crippen molar-refractivity contribution in [3.8, 4) is 5.75 Å². The summed E-state index contributed by atoms with van der Waals surface area (Å²) in [5.41, 5.74) is 0. The van der Waals surface area contributed by atoms with Crippen molar-refractivity contribution in [1.29, 1.82) is 0 Å². The zero-order chi connectivity index (χ0) is 13.5. The van der Waals surface area contributed by atoms with Crippen LogP contribution >= 0.6 is 12.4 Å². The SMILES string of the molecule is CCCN(C(=O)COc1ccccc1)C1CCNC1.Cl. The number of carbonyl (C=O) groups excluding carboxylic acids is 1. The van der Waals surface area contributed by atoms with Crippen LogP contribution in [0.15, 0.2) is 30.3 Å². The van der Waals surface area contributed by atoms with Gasteiger partial charge in [0.1, 0.15) is 5.75 Å². The van der Waals surface area contributed by atoms with E-state index in [0.717, 1.165) is 38.2 Å². The van der Waals surface area contributed by atoms with E-state index >= 15 is 0 Å². The van der Waals surface area contributed by atoms with Gasteiger partial charge in [0, 0.05) is 19.1 Å². The van der Waals surface area contributed by atoms with Crippen molar-refractivity contribution in [3.63, 3.8) is 0 Å². The van der Waals surface area contributed by atoms with Crippen LogP contribution in [0.1, 0.15) is 19.8 Å². The summed E-state index contributed by atoms with van der Waals surface area (Å²) < 4.78 is 5.54. The van der Waals surface area contributed by atoms with Gasteiger partial charge in [-0.05, 0) is 31.5 Å². The summed E-state index contributed by atoms with van der Waals surface area (Å²) in [5.74, 6) is 0.830. The standard InChI is InChI=1S/C15H22N2O2.ClH/c1-2-10-17(13-8-9-16-11-13)15(18)12-19-14-6-4-3-5-7-14;/h3-7,13,16H,2,8-12H2,1H3;1H. The van der Waals surface area contributed by atoms with E-state index in [1.54, 1.807) is 0 Å². The fraction of sp³-hybridized carbons (Fsp3) is 0.533. The van der Waals surface area contributed by atoms with E-state index in [2.05, 4.69) is 12.2 Å². The Kier molecular flexibility index (Phi) is 7.41. The smallest absolute Gasteiger partial charge is 0.260 e. The predicted octanol–water partition coefficient (Wildman–Crippen LogP) is 2.09. The first-order valence-electron chi connectivity index (χ1n) is 6.99. The maximum atomic E-state index is 12.3. The number of carbonyl (C=O) groups is 1. The second kappa shape index (κ2) is 8.82. The number of nitrogens with zero attached hydrogens (tertiary/aromatic N) is 1. The van der Waals surface area contributed by atoms with Gasteiger partial charge in [-0.2, -0.15) is 0 Å². The van der Waals surface area contributed by atoms with E-state index < -0.39 is 0 Å². The molecule has 2 rings (SSSR count). The van der Waals surface area contributed by atoms with Crippen molar-refractivity contribution in [3.05, 3.63) is 30.3 Å². The highest BCUT2D eigenvalue weighted by Gasteiger charge is 2.25. The summed E-state index contributed by atoms with van der Waals surface area (Å²) >= 11 is 0. The molecule has 20 heavy (non-hydrogen) atoms. The van der Waals surface area contributed by atoms with Crippen LogP contribution in [0.5, 0.6) is 5.75 Å². The quantitative estimate of drug-likeness (QED) is 0.874. The molecule has 1 aromatic rings. The van der Waals surface area contributed by atoms with E-state index in [-0.39, 0.29) is 24.9 Å². The lowest BCUT2D eigenvalue weighted by atomic mass is 10.2. The number of para-hydroxylation sites is 1. The van der Waals surface area contributed by atoms with Gasteiger partial charge in [0.05, 0.1) is 0 Å². The van der Waals surface area contributed by atoms with E-state index in [1.165, 1.54) is 0 Å². The molecule has 0 radical (unpaired) electrons. The van der Waals surface area contributed by atoms with Gasteiger partial charge >= 0.3 is 0 Å². The number of hydrogen-bond donors (Lipinski definition) is 1. The minimum absolute atomic E-state index is 0. The molecular weight excluding hydrogens is 276 g/mol. The molecule has 0 aliphatic carbocycles. The van der Waals surface area contributed by atoms with E-state index in [9.17, 15) is 4.79 Å². The van der Waals surface area contributed by atoms with Crippen LogP contribution in [0.25, 0.3) is 0 Å². The summed E-state index contributed by atoms with van der Waals surface area (Å²) in [6.45, 7) is 4.93. The van der Waals surface area contributed by atoms with Crippen LogP contribution < -0.4 is 10.1 Å². The second-order valence-corrected chi connectivity index (χ2v) is 4.84. The summed E-state index contributed by atoms with van der Waals surface area (Å²) in [6.07, 6.45) is 2.02. The van der Waals surface area contributed by atoms with E-state index in [0.29, 0.717) is 6.04 Å². The molecular formula is C15H23ClN2O2. The minimum atomic E-state index is 0. The number of benzene rings is 1. The first-order chi connectivity index (χ1) is 9.31. The molecule has 112 valence electrons. The summed E-state index contributed by atoms with van der Waals surface area (Å²) in [7, 11) is 0. The Morgan fingerprint density at radius 3 is 2.75 bits per heavy atom. The Hall–Kier alpha value is -1.26. The topological polar surface area (TPSA) is 41.6 Å². The van der Waals surface area contributed by atoms with E-state index in [4.69, 9.17) is 4.74 Å². The molecule has 4 nitrogen and oxygen atoms in total. The molecule has 0 spiro atoms. The number of nitrogens with one attached hydrogen (secondary N) is 1. The molecule has 1 fully saturated rings. The average molecular weight is 299 g/mol. The first kappa shape index (κ1) is 16.8. The van der Waals surface area contributed by atoms with Crippen molar-refractivity contribution in [2.24, 2.45) is 0 Å². The van der Waals surface area contributed by atoms with Crippen molar-refractivity contribution < 1.29 is 9.53 Å². The van der Waals surface area contributed by atoms with Gasteiger partial charge in [0.15, 0.2) is 6.61 Å². The normalized spacial score (nSPS) is 17.4. The highest BCUT2D eigenvalue weighted by atomic mass is 35.5. The third kappa shape index (κ3) is 4.69. The van der Waals surface area contributed by atoms with Crippen LogP contribution in [-0.2, 0) is 4.79 Å². The number of halogens is 1. The molecule has 0 aromatic heterocycles. The number of ether oxygens (including phenoxy) is 1.